The molecule has 1 aromatic carbocycles. The van der Waals surface area contributed by atoms with Gasteiger partial charge in [-0.05, 0) is 12.1 Å². The maximum Gasteiger partial charge on any atom is 0.372 e. The average molecular weight is 179 g/mol. The molecule has 0 spiro atoms. The van der Waals surface area contributed by atoms with Crippen molar-refractivity contribution in [3.8, 4) is 0 Å². The molecule has 0 fully saturated rings. The number of carbonyl (C=O) groups is 1. The highest BCUT2D eigenvalue weighted by molar-refractivity contribution is 5.84. The Kier molecular flexibility index (Phi) is 2.92. The first-order valence-electron chi connectivity index (χ1n) is 3.64. The highest BCUT2D eigenvalue weighted by Gasteiger charge is 2.01. The Morgan fingerprint density at radius 1 is 1.23 bits per heavy atom. The molecule has 4 heteroatoms. The van der Waals surface area contributed by atoms with E-state index in [-0.39, 0.29) is 0 Å². The zero-order valence-electron chi connectivity index (χ0n) is 6.77. The minimum atomic E-state index is -1.36. The fourth-order valence-corrected chi connectivity index (χ4v) is 0.748. The fourth-order valence-electron chi connectivity index (χ4n) is 0.748. The Balaban J connectivity index is 2.62. The van der Waals surface area contributed by atoms with Crippen molar-refractivity contribution in [3.05, 3.63) is 42.3 Å². The second-order valence-electron chi connectivity index (χ2n) is 2.35. The summed E-state index contributed by atoms with van der Waals surface area (Å²) in [7, 11) is 0. The summed E-state index contributed by atoms with van der Waals surface area (Å²) in [5.41, 5.74) is 0.718. The van der Waals surface area contributed by atoms with Crippen LogP contribution in [0.4, 0.5) is 5.69 Å². The summed E-state index contributed by atoms with van der Waals surface area (Å²) in [6.07, 6.45) is 1.03. The van der Waals surface area contributed by atoms with Crippen LogP contribution in [0.2, 0.25) is 0 Å². The van der Waals surface area contributed by atoms with E-state index in [9.17, 15) is 4.79 Å². The Hall–Kier alpha value is -1.97. The molecule has 0 saturated carbocycles. The number of para-hydroxylation sites is 1. The van der Waals surface area contributed by atoms with Gasteiger partial charge in [-0.25, -0.2) is 4.79 Å². The molecule has 0 radical (unpaired) electrons. The monoisotopic (exact) mass is 179 g/mol. The molecule has 3 N–H and O–H groups in total. The van der Waals surface area contributed by atoms with E-state index in [1.807, 2.05) is 6.07 Å². The van der Waals surface area contributed by atoms with Gasteiger partial charge in [-0.15, -0.1) is 0 Å². The maximum atomic E-state index is 10.2. The van der Waals surface area contributed by atoms with Crippen LogP contribution in [0.3, 0.4) is 0 Å². The molecule has 4 nitrogen and oxygen atoms in total. The van der Waals surface area contributed by atoms with Crippen molar-refractivity contribution >= 4 is 11.7 Å². The molecule has 0 heterocycles. The fraction of sp³-hybridized carbons (Fsp3) is 0. The Labute approximate surface area is 75.1 Å². The van der Waals surface area contributed by atoms with E-state index < -0.39 is 11.7 Å². The Morgan fingerprint density at radius 3 is 2.38 bits per heavy atom. The van der Waals surface area contributed by atoms with Gasteiger partial charge in [0.15, 0.2) is 0 Å². The van der Waals surface area contributed by atoms with Gasteiger partial charge < -0.3 is 15.5 Å². The molecule has 0 aliphatic heterocycles. The number of aliphatic carboxylic acids is 1. The molecule has 68 valence electrons. The van der Waals surface area contributed by atoms with Crippen LogP contribution < -0.4 is 5.32 Å². The van der Waals surface area contributed by atoms with Crippen LogP contribution in [-0.2, 0) is 4.79 Å². The highest BCUT2D eigenvalue weighted by atomic mass is 16.4. The first-order chi connectivity index (χ1) is 6.20. The van der Waals surface area contributed by atoms with Crippen LogP contribution >= 0.6 is 0 Å². The number of aliphatic hydroxyl groups is 1. The van der Waals surface area contributed by atoms with Crippen molar-refractivity contribution in [2.75, 3.05) is 5.32 Å². The van der Waals surface area contributed by atoms with Crippen LogP contribution in [0.1, 0.15) is 0 Å². The molecule has 0 amide bonds. The van der Waals surface area contributed by atoms with Gasteiger partial charge in [-0.3, -0.25) is 0 Å². The minimum Gasteiger partial charge on any atom is -0.501 e. The number of nitrogens with one attached hydrogen (secondary N) is 1. The molecular weight excluding hydrogens is 170 g/mol. The lowest BCUT2D eigenvalue weighted by Crippen LogP contribution is -2.01. The quantitative estimate of drug-likeness (QED) is 0.486. The Morgan fingerprint density at radius 2 is 1.85 bits per heavy atom. The number of carboxylic acid groups (broad SMARTS) is 1. The molecule has 0 bridgehead atoms. The molecular formula is C9H9NO3. The summed E-state index contributed by atoms with van der Waals surface area (Å²) in [4.78, 5) is 10.2. The normalized spacial score (nSPS) is 10.9. The van der Waals surface area contributed by atoms with Crippen molar-refractivity contribution in [2.24, 2.45) is 0 Å². The van der Waals surface area contributed by atoms with E-state index in [1.165, 1.54) is 0 Å². The Bertz CT molecular complexity index is 319. The van der Waals surface area contributed by atoms with Crippen LogP contribution in [0, 0.1) is 0 Å². The third-order valence-corrected chi connectivity index (χ3v) is 1.37. The summed E-state index contributed by atoms with van der Waals surface area (Å²) in [5.74, 6) is -2.08. The number of anilines is 1. The number of rotatable bonds is 3. The lowest BCUT2D eigenvalue weighted by molar-refractivity contribution is -0.135. The molecule has 0 atom stereocenters. The maximum absolute atomic E-state index is 10.2. The first-order valence-corrected chi connectivity index (χ1v) is 3.64. The zero-order chi connectivity index (χ0) is 9.68. The van der Waals surface area contributed by atoms with Crippen molar-refractivity contribution in [3.63, 3.8) is 0 Å². The lowest BCUT2D eigenvalue weighted by atomic mass is 10.3. The molecule has 0 unspecified atom stereocenters. The number of hydrogen-bond donors (Lipinski definition) is 3. The first kappa shape index (κ1) is 9.12. The van der Waals surface area contributed by atoms with E-state index in [1.54, 1.807) is 24.3 Å². The predicted octanol–water partition coefficient (Wildman–Crippen LogP) is 1.58. The topological polar surface area (TPSA) is 69.6 Å². The predicted molar refractivity (Wildman–Crippen MR) is 48.4 cm³/mol. The zero-order valence-corrected chi connectivity index (χ0v) is 6.77. The second-order valence-corrected chi connectivity index (χ2v) is 2.35. The van der Waals surface area contributed by atoms with Gasteiger partial charge in [0, 0.05) is 5.69 Å². The average Bonchev–Trinajstić information content (AvgIpc) is 2.15. The van der Waals surface area contributed by atoms with Gasteiger partial charge in [0.1, 0.15) is 0 Å². The molecule has 0 aliphatic rings. The van der Waals surface area contributed by atoms with Crippen molar-refractivity contribution in [2.45, 2.75) is 0 Å². The van der Waals surface area contributed by atoms with E-state index in [0.717, 1.165) is 11.9 Å². The van der Waals surface area contributed by atoms with E-state index in [4.69, 9.17) is 10.2 Å². The summed E-state index contributed by atoms with van der Waals surface area (Å²) in [6.45, 7) is 0. The molecule has 0 aromatic heterocycles. The number of carboxylic acids is 1. The van der Waals surface area contributed by atoms with Gasteiger partial charge in [0.05, 0.1) is 6.20 Å². The van der Waals surface area contributed by atoms with Crippen molar-refractivity contribution < 1.29 is 15.0 Å². The standard InChI is InChI=1S/C9H9NO3/c11-8(9(12)13)6-10-7-4-2-1-3-5-7/h1-6,10-11H,(H,12,13)/b8-6-. The van der Waals surface area contributed by atoms with Gasteiger partial charge in [0.2, 0.25) is 5.76 Å². The highest BCUT2D eigenvalue weighted by Crippen LogP contribution is 2.05. The van der Waals surface area contributed by atoms with Crippen LogP contribution in [-0.4, -0.2) is 16.2 Å². The van der Waals surface area contributed by atoms with Crippen molar-refractivity contribution in [1.82, 2.24) is 0 Å². The summed E-state index contributed by atoms with van der Waals surface area (Å²) in [5, 5.41) is 19.7. The third kappa shape index (κ3) is 2.86. The van der Waals surface area contributed by atoms with Crippen LogP contribution in [0.5, 0.6) is 0 Å². The SMILES string of the molecule is O=C(O)/C(O)=C/Nc1ccccc1. The largest absolute Gasteiger partial charge is 0.501 e. The van der Waals surface area contributed by atoms with E-state index in [2.05, 4.69) is 5.32 Å². The van der Waals surface area contributed by atoms with Gasteiger partial charge in [0.25, 0.3) is 0 Å². The minimum absolute atomic E-state index is 0.718. The van der Waals surface area contributed by atoms with Crippen LogP contribution in [0.25, 0.3) is 0 Å². The number of hydrogen-bond acceptors (Lipinski definition) is 3. The number of benzene rings is 1. The van der Waals surface area contributed by atoms with E-state index >= 15 is 0 Å². The molecule has 1 rings (SSSR count). The van der Waals surface area contributed by atoms with Gasteiger partial charge in [-0.2, -0.15) is 0 Å². The molecule has 0 saturated heterocycles. The lowest BCUT2D eigenvalue weighted by Gasteiger charge is -1.99. The van der Waals surface area contributed by atoms with E-state index in [0.29, 0.717) is 0 Å². The molecule has 13 heavy (non-hydrogen) atoms. The second kappa shape index (κ2) is 4.15. The van der Waals surface area contributed by atoms with Gasteiger partial charge in [-0.1, -0.05) is 18.2 Å². The van der Waals surface area contributed by atoms with Crippen molar-refractivity contribution in [1.29, 1.82) is 0 Å². The molecule has 1 aromatic rings. The third-order valence-electron chi connectivity index (χ3n) is 1.37. The smallest absolute Gasteiger partial charge is 0.372 e. The molecule has 0 aliphatic carbocycles. The summed E-state index contributed by atoms with van der Waals surface area (Å²) >= 11 is 0. The van der Waals surface area contributed by atoms with Crippen LogP contribution in [0.15, 0.2) is 42.3 Å². The number of aliphatic hydroxyl groups excluding tert-OH is 1. The summed E-state index contributed by atoms with van der Waals surface area (Å²) in [6, 6.07) is 8.95. The van der Waals surface area contributed by atoms with Gasteiger partial charge >= 0.3 is 5.97 Å². The summed E-state index contributed by atoms with van der Waals surface area (Å²) < 4.78 is 0.